The number of rotatable bonds is 3. The van der Waals surface area contributed by atoms with Crippen molar-refractivity contribution in [1.29, 1.82) is 0 Å². The van der Waals surface area contributed by atoms with E-state index in [1.807, 2.05) is 24.3 Å². The third kappa shape index (κ3) is 2.80. The topological polar surface area (TPSA) is 50.7 Å². The van der Waals surface area contributed by atoms with Gasteiger partial charge < -0.3 is 19.9 Å². The summed E-state index contributed by atoms with van der Waals surface area (Å²) in [5.41, 5.74) is 5.13. The molecule has 0 aromatic heterocycles. The van der Waals surface area contributed by atoms with Gasteiger partial charge >= 0.3 is 0 Å². The van der Waals surface area contributed by atoms with Crippen LogP contribution in [-0.4, -0.2) is 25.4 Å². The molecule has 0 amide bonds. The average molecular weight is 377 g/mol. The van der Waals surface area contributed by atoms with Crippen molar-refractivity contribution < 1.29 is 14.6 Å². The summed E-state index contributed by atoms with van der Waals surface area (Å²) in [7, 11) is 3.34. The molecule has 1 aliphatic heterocycles. The number of hydrogen-bond donors (Lipinski definition) is 2. The molecule has 2 atom stereocenters. The Kier molecular flexibility index (Phi) is 4.68. The minimum Gasteiger partial charge on any atom is -0.507 e. The van der Waals surface area contributed by atoms with Gasteiger partial charge in [0, 0.05) is 23.2 Å². The molecule has 3 aromatic rings. The Labute approximate surface area is 166 Å². The summed E-state index contributed by atoms with van der Waals surface area (Å²) in [5.74, 6) is 1.90. The van der Waals surface area contributed by atoms with Crippen LogP contribution in [0, 0.1) is 6.92 Å². The summed E-state index contributed by atoms with van der Waals surface area (Å²) < 4.78 is 11.2. The molecule has 4 heteroatoms. The predicted octanol–water partition coefficient (Wildman–Crippen LogP) is 5.13. The van der Waals surface area contributed by atoms with Crippen LogP contribution in [0.5, 0.6) is 17.2 Å². The van der Waals surface area contributed by atoms with Crippen LogP contribution in [0.25, 0.3) is 21.9 Å². The van der Waals surface area contributed by atoms with E-state index in [1.54, 1.807) is 14.2 Å². The zero-order valence-electron chi connectivity index (χ0n) is 17.1. The van der Waals surface area contributed by atoms with E-state index in [9.17, 15) is 5.11 Å². The quantitative estimate of drug-likeness (QED) is 0.664. The Bertz CT molecular complexity index is 1060. The Morgan fingerprint density at radius 1 is 1.04 bits per heavy atom. The minimum absolute atomic E-state index is 0.109. The van der Waals surface area contributed by atoms with Crippen molar-refractivity contribution in [1.82, 2.24) is 5.32 Å². The molecule has 0 spiro atoms. The number of phenolic OH excluding ortho intramolecular Hbond substituents is 1. The van der Waals surface area contributed by atoms with Gasteiger partial charge in [0.2, 0.25) is 0 Å². The number of benzene rings is 3. The summed E-state index contributed by atoms with van der Waals surface area (Å²) in [6.07, 6.45) is 0.920. The van der Waals surface area contributed by atoms with Gasteiger partial charge in [-0.1, -0.05) is 24.3 Å². The molecule has 146 valence electrons. The lowest BCUT2D eigenvalue weighted by Crippen LogP contribution is -2.36. The number of methoxy groups -OCH3 is 2. The van der Waals surface area contributed by atoms with Crippen molar-refractivity contribution in [3.05, 3.63) is 53.1 Å². The third-order valence-corrected chi connectivity index (χ3v) is 5.79. The molecule has 28 heavy (non-hydrogen) atoms. The lowest BCUT2D eigenvalue weighted by Gasteiger charge is -2.31. The van der Waals surface area contributed by atoms with Gasteiger partial charge in [0.25, 0.3) is 0 Å². The summed E-state index contributed by atoms with van der Waals surface area (Å²) in [4.78, 5) is 0. The highest BCUT2D eigenvalue weighted by atomic mass is 16.5. The number of fused-ring (bicyclic) bond motifs is 2. The Morgan fingerprint density at radius 2 is 1.79 bits per heavy atom. The van der Waals surface area contributed by atoms with Crippen LogP contribution in [0.3, 0.4) is 0 Å². The van der Waals surface area contributed by atoms with Crippen molar-refractivity contribution in [2.24, 2.45) is 0 Å². The molecule has 0 fully saturated rings. The second kappa shape index (κ2) is 7.02. The normalized spacial score (nSPS) is 18.8. The molecule has 0 saturated heterocycles. The monoisotopic (exact) mass is 377 g/mol. The zero-order chi connectivity index (χ0) is 20.0. The van der Waals surface area contributed by atoms with Gasteiger partial charge in [-0.3, -0.25) is 0 Å². The van der Waals surface area contributed by atoms with E-state index in [2.05, 4.69) is 38.2 Å². The molecule has 1 heterocycles. The Hall–Kier alpha value is -2.72. The van der Waals surface area contributed by atoms with E-state index in [4.69, 9.17) is 9.47 Å². The first-order valence-corrected chi connectivity index (χ1v) is 9.71. The zero-order valence-corrected chi connectivity index (χ0v) is 17.1. The number of aromatic hydroxyl groups is 1. The van der Waals surface area contributed by atoms with Gasteiger partial charge in [-0.2, -0.15) is 0 Å². The predicted molar refractivity (Wildman–Crippen MR) is 114 cm³/mol. The van der Waals surface area contributed by atoms with E-state index >= 15 is 0 Å². The fraction of sp³-hybridized carbons (Fsp3) is 0.333. The Morgan fingerprint density at radius 3 is 2.50 bits per heavy atom. The second-order valence-electron chi connectivity index (χ2n) is 7.68. The number of nitrogens with one attached hydrogen (secondary N) is 1. The molecular weight excluding hydrogens is 350 g/mol. The summed E-state index contributed by atoms with van der Waals surface area (Å²) in [6.45, 7) is 6.34. The summed E-state index contributed by atoms with van der Waals surface area (Å²) >= 11 is 0. The molecule has 4 rings (SSSR count). The molecule has 0 saturated carbocycles. The van der Waals surface area contributed by atoms with E-state index < -0.39 is 0 Å². The van der Waals surface area contributed by atoms with Crippen molar-refractivity contribution in [3.63, 3.8) is 0 Å². The molecule has 4 nitrogen and oxygen atoms in total. The number of phenols is 1. The highest BCUT2D eigenvalue weighted by Gasteiger charge is 2.27. The van der Waals surface area contributed by atoms with Crippen molar-refractivity contribution >= 4 is 10.8 Å². The molecule has 0 radical (unpaired) electrons. The number of hydrogen-bond acceptors (Lipinski definition) is 4. The summed E-state index contributed by atoms with van der Waals surface area (Å²) in [5, 5.41) is 16.8. The number of ether oxygens (including phenoxy) is 2. The van der Waals surface area contributed by atoms with Crippen LogP contribution in [0.15, 0.2) is 36.4 Å². The Balaban J connectivity index is 2.04. The molecule has 1 aliphatic rings. The average Bonchev–Trinajstić information content (AvgIpc) is 2.67. The third-order valence-electron chi connectivity index (χ3n) is 5.79. The van der Waals surface area contributed by atoms with Gasteiger partial charge in [0.1, 0.15) is 17.2 Å². The first-order valence-electron chi connectivity index (χ1n) is 9.71. The highest BCUT2D eigenvalue weighted by molar-refractivity contribution is 6.05. The van der Waals surface area contributed by atoms with Gasteiger partial charge in [0.05, 0.1) is 19.6 Å². The van der Waals surface area contributed by atoms with Gasteiger partial charge in [0.15, 0.2) is 0 Å². The molecule has 0 bridgehead atoms. The van der Waals surface area contributed by atoms with Crippen LogP contribution in [0.4, 0.5) is 0 Å². The first kappa shape index (κ1) is 18.6. The van der Waals surface area contributed by atoms with Crippen LogP contribution < -0.4 is 14.8 Å². The molecule has 3 aromatic carbocycles. The van der Waals surface area contributed by atoms with E-state index in [-0.39, 0.29) is 6.04 Å². The van der Waals surface area contributed by atoms with Crippen molar-refractivity contribution in [2.45, 2.75) is 39.3 Å². The van der Waals surface area contributed by atoms with Crippen LogP contribution in [0.2, 0.25) is 0 Å². The number of aryl methyl sites for hydroxylation is 1. The maximum atomic E-state index is 11.3. The molecule has 2 N–H and O–H groups in total. The first-order chi connectivity index (χ1) is 13.5. The van der Waals surface area contributed by atoms with Gasteiger partial charge in [-0.15, -0.1) is 0 Å². The van der Waals surface area contributed by atoms with Crippen LogP contribution in [-0.2, 0) is 6.42 Å². The fourth-order valence-corrected chi connectivity index (χ4v) is 4.65. The highest BCUT2D eigenvalue weighted by Crippen LogP contribution is 2.46. The standard InChI is InChI=1S/C24H27NO3/c1-13-11-20(28-5)23-17(7-6-8-19(23)27-4)21(13)18-10-9-16-12-14(2)25-15(3)22(16)24(18)26/h6-11,14-15,25-26H,12H2,1-5H3. The maximum Gasteiger partial charge on any atom is 0.130 e. The second-order valence-corrected chi connectivity index (χ2v) is 7.68. The van der Waals surface area contributed by atoms with Gasteiger partial charge in [-0.05, 0) is 61.4 Å². The summed E-state index contributed by atoms with van der Waals surface area (Å²) in [6, 6.07) is 12.7. The lowest BCUT2D eigenvalue weighted by atomic mass is 9.85. The van der Waals surface area contributed by atoms with Crippen LogP contribution >= 0.6 is 0 Å². The lowest BCUT2D eigenvalue weighted by molar-refractivity contribution is 0.404. The van der Waals surface area contributed by atoms with Crippen molar-refractivity contribution in [2.75, 3.05) is 14.2 Å². The van der Waals surface area contributed by atoms with E-state index in [1.165, 1.54) is 5.56 Å². The van der Waals surface area contributed by atoms with Crippen molar-refractivity contribution in [3.8, 4) is 28.4 Å². The molecule has 0 aliphatic carbocycles. The van der Waals surface area contributed by atoms with Crippen LogP contribution in [0.1, 0.15) is 36.6 Å². The molecular formula is C24H27NO3. The smallest absolute Gasteiger partial charge is 0.130 e. The minimum atomic E-state index is 0.109. The van der Waals surface area contributed by atoms with E-state index in [0.717, 1.165) is 50.9 Å². The SMILES string of the molecule is COc1cccc2c(-c3ccc4c(c3O)C(C)NC(C)C4)c(C)cc(OC)c12. The fourth-order valence-electron chi connectivity index (χ4n) is 4.65. The maximum absolute atomic E-state index is 11.3. The van der Waals surface area contributed by atoms with Gasteiger partial charge in [-0.25, -0.2) is 0 Å². The molecule has 2 unspecified atom stereocenters. The van der Waals surface area contributed by atoms with E-state index in [0.29, 0.717) is 11.8 Å². The largest absolute Gasteiger partial charge is 0.507 e.